The summed E-state index contributed by atoms with van der Waals surface area (Å²) in [5.41, 5.74) is 0.694. The second kappa shape index (κ2) is 18.7. The summed E-state index contributed by atoms with van der Waals surface area (Å²) in [5, 5.41) is 52.0. The third-order valence-electron chi connectivity index (χ3n) is 6.95. The Morgan fingerprint density at radius 3 is 1.86 bits per heavy atom. The van der Waals surface area contributed by atoms with Crippen molar-refractivity contribution in [3.05, 3.63) is 87.5 Å². The molecule has 1 aliphatic rings. The molecule has 18 heteroatoms. The fourth-order valence-electron chi connectivity index (χ4n) is 5.17. The Kier molecular flexibility index (Phi) is 16.8. The number of carboxylic acids is 4. The van der Waals surface area contributed by atoms with Gasteiger partial charge >= 0.3 is 71.1 Å². The fourth-order valence-corrected chi connectivity index (χ4v) is 5.87. The van der Waals surface area contributed by atoms with Crippen LogP contribution < -0.4 is 69.3 Å². The molecule has 0 saturated carbocycles. The summed E-state index contributed by atoms with van der Waals surface area (Å²) < 4.78 is 35.1. The second-order valence-corrected chi connectivity index (χ2v) is 12.1. The predicted molar refractivity (Wildman–Crippen MR) is 159 cm³/mol. The average Bonchev–Trinajstić information content (AvgIpc) is 2.92. The number of aliphatic carboxylic acids is 4. The summed E-state index contributed by atoms with van der Waals surface area (Å²) in [6.45, 7) is -1.04. The summed E-state index contributed by atoms with van der Waals surface area (Å²) in [6.07, 6.45) is 2.73. The van der Waals surface area contributed by atoms with E-state index in [2.05, 4.69) is 0 Å². The van der Waals surface area contributed by atoms with Crippen LogP contribution in [0, 0.1) is 6.92 Å². The van der Waals surface area contributed by atoms with Gasteiger partial charge in [0.2, 0.25) is 0 Å². The Hall–Kier alpha value is -3.16. The van der Waals surface area contributed by atoms with Gasteiger partial charge in [-0.15, -0.1) is 0 Å². The first kappa shape index (κ1) is 43.9. The van der Waals surface area contributed by atoms with Crippen molar-refractivity contribution in [2.75, 3.05) is 32.7 Å². The quantitative estimate of drug-likeness (QED) is 0.0987. The summed E-state index contributed by atoms with van der Waals surface area (Å²) >= 11 is 0. The van der Waals surface area contributed by atoms with Crippen LogP contribution in [-0.4, -0.2) is 100 Å². The Labute approximate surface area is 325 Å². The number of Topliss-reactive ketones (excluding diaryl/α,β-unsaturated/α-hetero) is 1. The van der Waals surface area contributed by atoms with Crippen LogP contribution in [0.25, 0.3) is 5.57 Å². The molecule has 3 rings (SSSR count). The van der Waals surface area contributed by atoms with Crippen molar-refractivity contribution in [2.24, 2.45) is 0 Å². The first-order valence-corrected chi connectivity index (χ1v) is 15.2. The van der Waals surface area contributed by atoms with Crippen molar-refractivity contribution in [1.82, 2.24) is 9.80 Å². The number of ketones is 1. The zero-order valence-electron chi connectivity index (χ0n) is 27.1. The molecular weight excluding hydrogens is 686 g/mol. The number of carbonyl (C=O) groups is 5. The van der Waals surface area contributed by atoms with Gasteiger partial charge < -0.3 is 35.1 Å². The van der Waals surface area contributed by atoms with Gasteiger partial charge in [0, 0.05) is 42.9 Å². The van der Waals surface area contributed by atoms with Crippen LogP contribution in [0.1, 0.15) is 29.2 Å². The van der Waals surface area contributed by atoms with E-state index in [0.29, 0.717) is 0 Å². The van der Waals surface area contributed by atoms with Gasteiger partial charge in [0.05, 0.1) is 25.0 Å². The Balaban J connectivity index is 0.00000600. The zero-order valence-corrected chi connectivity index (χ0v) is 31.9. The number of rotatable bonds is 15. The van der Waals surface area contributed by atoms with E-state index < -0.39 is 83.9 Å². The third-order valence-corrected chi connectivity index (χ3v) is 7.87. The SMILES string of the molecule is CC1=C/C(=C(\c2cc(C)c(O)c(CN(CC(=O)[O-])CC(=O)[O-])c2)c2ccccc2S(=O)(=O)O)C=C(CN(CC(=O)O)CC(=O)O)C1=O.[Na+].[Na+]. The number of hydrogen-bond acceptors (Lipinski definition) is 12. The number of aryl methyl sites for hydroxylation is 1. The van der Waals surface area contributed by atoms with E-state index in [1.54, 1.807) is 0 Å². The maximum atomic E-state index is 13.2. The van der Waals surface area contributed by atoms with E-state index in [4.69, 9.17) is 0 Å². The number of carbonyl (C=O) groups excluding carboxylic acids is 3. The molecule has 15 nitrogen and oxygen atoms in total. The third kappa shape index (κ3) is 12.3. The first-order valence-electron chi connectivity index (χ1n) is 13.7. The molecule has 0 fully saturated rings. The zero-order chi connectivity index (χ0) is 35.2. The molecular formula is C31H30N2Na2O13S. The topological polar surface area (TPSA) is 253 Å². The number of hydrogen-bond donors (Lipinski definition) is 4. The molecule has 0 amide bonds. The van der Waals surface area contributed by atoms with Gasteiger partial charge in [-0.05, 0) is 72.0 Å². The van der Waals surface area contributed by atoms with Crippen LogP contribution in [0.2, 0.25) is 0 Å². The molecule has 0 unspecified atom stereocenters. The smallest absolute Gasteiger partial charge is 0.549 e. The minimum atomic E-state index is -4.87. The number of phenolic OH excluding ortho intramolecular Hbond substituents is 1. The normalized spacial score (nSPS) is 13.9. The van der Waals surface area contributed by atoms with Crippen LogP contribution in [0.5, 0.6) is 5.75 Å². The van der Waals surface area contributed by atoms with E-state index in [9.17, 15) is 62.5 Å². The number of aromatic hydroxyl groups is 1. The summed E-state index contributed by atoms with van der Waals surface area (Å²) in [7, 11) is -4.87. The molecule has 2 aromatic rings. The minimum absolute atomic E-state index is 0. The molecule has 0 atom stereocenters. The first-order chi connectivity index (χ1) is 21.9. The van der Waals surface area contributed by atoms with E-state index in [1.807, 2.05) is 0 Å². The van der Waals surface area contributed by atoms with Crippen LogP contribution in [0.15, 0.2) is 70.2 Å². The van der Waals surface area contributed by atoms with Gasteiger partial charge in [-0.25, -0.2) is 0 Å². The van der Waals surface area contributed by atoms with Gasteiger partial charge in [0.25, 0.3) is 10.1 Å². The molecule has 250 valence electrons. The predicted octanol–water partition coefficient (Wildman–Crippen LogP) is -7.01. The average molecular weight is 717 g/mol. The minimum Gasteiger partial charge on any atom is -0.549 e. The van der Waals surface area contributed by atoms with Crippen LogP contribution in [-0.2, 0) is 40.6 Å². The van der Waals surface area contributed by atoms with Gasteiger partial charge in [-0.1, -0.05) is 18.2 Å². The van der Waals surface area contributed by atoms with Gasteiger partial charge in [0.1, 0.15) is 10.6 Å². The van der Waals surface area contributed by atoms with E-state index in [1.165, 1.54) is 56.3 Å². The molecule has 49 heavy (non-hydrogen) atoms. The monoisotopic (exact) mass is 716 g/mol. The van der Waals surface area contributed by atoms with Gasteiger partial charge in [0.15, 0.2) is 5.78 Å². The van der Waals surface area contributed by atoms with Crippen molar-refractivity contribution in [3.8, 4) is 5.75 Å². The summed E-state index contributed by atoms with van der Waals surface area (Å²) in [5.74, 6) is -6.77. The summed E-state index contributed by atoms with van der Waals surface area (Å²) in [6, 6.07) is 8.09. The molecule has 4 N–H and O–H groups in total. The van der Waals surface area contributed by atoms with Gasteiger partial charge in [-0.3, -0.25) is 28.7 Å². The molecule has 0 bridgehead atoms. The van der Waals surface area contributed by atoms with Crippen LogP contribution >= 0.6 is 0 Å². The fraction of sp³-hybridized carbons (Fsp3) is 0.258. The van der Waals surface area contributed by atoms with Crippen molar-refractivity contribution in [2.45, 2.75) is 25.3 Å². The second-order valence-electron chi connectivity index (χ2n) is 10.8. The standard InChI is InChI=1S/C31H32N2O13S.2Na/c1-17-7-19(9-21(30(17)42)11-32(13-25(34)35)14-26(36)37)29(23-5-3-4-6-24(23)47(44,45)46)20-8-18(2)31(43)22(10-20)12-33(15-27(38)39)16-28(40)41;;/h3-10,42H,11-16H2,1-2H3,(H,34,35)(H,36,37)(H,38,39)(H,40,41)(H,44,45,46);;/q;2*+1/p-2/b29-20-;;. The molecule has 1 aliphatic carbocycles. The van der Waals surface area contributed by atoms with E-state index >= 15 is 0 Å². The summed E-state index contributed by atoms with van der Waals surface area (Å²) in [4.78, 5) is 60.0. The Bertz CT molecular complexity index is 1820. The molecule has 0 spiro atoms. The van der Waals surface area contributed by atoms with E-state index in [0.717, 1.165) is 15.9 Å². The molecule has 0 heterocycles. The van der Waals surface area contributed by atoms with Crippen molar-refractivity contribution < 1.29 is 122 Å². The molecule has 0 saturated heterocycles. The van der Waals surface area contributed by atoms with Crippen molar-refractivity contribution in [1.29, 1.82) is 0 Å². The number of nitrogens with zero attached hydrogens (tertiary/aromatic N) is 2. The Morgan fingerprint density at radius 1 is 0.816 bits per heavy atom. The maximum absolute atomic E-state index is 13.2. The molecule has 2 aromatic carbocycles. The largest absolute Gasteiger partial charge is 1.00 e. The number of benzene rings is 2. The number of phenols is 1. The molecule has 0 radical (unpaired) electrons. The Morgan fingerprint density at radius 2 is 1.35 bits per heavy atom. The van der Waals surface area contributed by atoms with Crippen LogP contribution in [0.3, 0.4) is 0 Å². The number of allylic oxidation sites excluding steroid dienone is 4. The molecule has 0 aliphatic heterocycles. The van der Waals surface area contributed by atoms with Gasteiger partial charge in [-0.2, -0.15) is 8.42 Å². The van der Waals surface area contributed by atoms with Crippen molar-refractivity contribution >= 4 is 45.4 Å². The van der Waals surface area contributed by atoms with E-state index in [-0.39, 0.29) is 109 Å². The maximum Gasteiger partial charge on any atom is 1.00 e. The molecule has 0 aromatic heterocycles. The van der Waals surface area contributed by atoms with Crippen molar-refractivity contribution in [3.63, 3.8) is 0 Å². The van der Waals surface area contributed by atoms with Crippen LogP contribution in [0.4, 0.5) is 0 Å². The number of carboxylic acid groups (broad SMARTS) is 4.